The van der Waals surface area contributed by atoms with Gasteiger partial charge in [0.05, 0.1) is 0 Å². The number of nitrogens with one attached hydrogen (secondary N) is 1. The van der Waals surface area contributed by atoms with Crippen molar-refractivity contribution in [1.82, 2.24) is 5.32 Å². The maximum Gasteiger partial charge on any atom is 0.257 e. The van der Waals surface area contributed by atoms with Gasteiger partial charge < -0.3 is 15.8 Å². The van der Waals surface area contributed by atoms with Crippen molar-refractivity contribution in [3.63, 3.8) is 0 Å². The number of halogens is 1. The lowest BCUT2D eigenvalue weighted by molar-refractivity contribution is -0.123. The quantitative estimate of drug-likeness (QED) is 0.807. The van der Waals surface area contributed by atoms with E-state index in [0.717, 1.165) is 0 Å². The number of hydrogen-bond donors (Lipinski definition) is 2. The van der Waals surface area contributed by atoms with Crippen LogP contribution < -0.4 is 15.8 Å². The van der Waals surface area contributed by atoms with Gasteiger partial charge in [-0.05, 0) is 24.1 Å². The number of amides is 1. The Morgan fingerprint density at radius 3 is 2.83 bits per heavy atom. The molecule has 4 nitrogen and oxygen atoms in total. The van der Waals surface area contributed by atoms with Crippen molar-refractivity contribution < 1.29 is 13.9 Å². The van der Waals surface area contributed by atoms with Crippen LogP contribution in [0.2, 0.25) is 0 Å². The summed E-state index contributed by atoms with van der Waals surface area (Å²) in [5, 5.41) is 2.73. The Morgan fingerprint density at radius 2 is 2.22 bits per heavy atom. The van der Waals surface area contributed by atoms with Crippen LogP contribution in [0.4, 0.5) is 4.39 Å². The maximum absolute atomic E-state index is 13.0. The lowest BCUT2D eigenvalue weighted by Crippen LogP contribution is -2.31. The second-order valence-corrected chi connectivity index (χ2v) is 4.44. The highest BCUT2D eigenvalue weighted by atomic mass is 19.1. The second-order valence-electron chi connectivity index (χ2n) is 4.44. The Morgan fingerprint density at radius 1 is 1.50 bits per heavy atom. The number of carbonyl (C=O) groups excluding carboxylic acids is 1. The van der Waals surface area contributed by atoms with Crippen LogP contribution in [0.25, 0.3) is 0 Å². The zero-order valence-corrected chi connectivity index (χ0v) is 10.7. The minimum absolute atomic E-state index is 0.0919. The average molecular weight is 254 g/mol. The van der Waals surface area contributed by atoms with E-state index in [1.807, 2.05) is 13.8 Å². The summed E-state index contributed by atoms with van der Waals surface area (Å²) in [5.41, 5.74) is 6.02. The predicted octanol–water partition coefficient (Wildman–Crippen LogP) is 1.44. The van der Waals surface area contributed by atoms with E-state index < -0.39 is 0 Å². The molecule has 0 fully saturated rings. The third-order valence-electron chi connectivity index (χ3n) is 2.31. The van der Waals surface area contributed by atoms with E-state index in [9.17, 15) is 9.18 Å². The molecule has 1 aromatic carbocycles. The van der Waals surface area contributed by atoms with Crippen LogP contribution in [0.5, 0.6) is 5.75 Å². The number of nitrogens with two attached hydrogens (primary N) is 1. The summed E-state index contributed by atoms with van der Waals surface area (Å²) in [5.74, 6) is 0.265. The van der Waals surface area contributed by atoms with Crippen molar-refractivity contribution in [2.75, 3.05) is 13.2 Å². The molecule has 0 aliphatic heterocycles. The highest BCUT2D eigenvalue weighted by Gasteiger charge is 2.07. The highest BCUT2D eigenvalue weighted by Crippen LogP contribution is 2.18. The Bertz CT molecular complexity index is 408. The summed E-state index contributed by atoms with van der Waals surface area (Å²) in [6.45, 7) is 4.70. The lowest BCUT2D eigenvalue weighted by Gasteiger charge is -2.11. The first-order valence-electron chi connectivity index (χ1n) is 5.91. The predicted molar refractivity (Wildman–Crippen MR) is 67.6 cm³/mol. The molecular formula is C13H19FN2O2. The third kappa shape index (κ3) is 4.71. The molecule has 18 heavy (non-hydrogen) atoms. The van der Waals surface area contributed by atoms with Crippen LogP contribution >= 0.6 is 0 Å². The fourth-order valence-corrected chi connectivity index (χ4v) is 1.36. The highest BCUT2D eigenvalue weighted by molar-refractivity contribution is 5.77. The van der Waals surface area contributed by atoms with Crippen LogP contribution in [-0.4, -0.2) is 19.1 Å². The average Bonchev–Trinajstić information content (AvgIpc) is 2.34. The Kier molecular flexibility index (Phi) is 5.58. The van der Waals surface area contributed by atoms with Crippen LogP contribution in [0.1, 0.15) is 19.4 Å². The fourth-order valence-electron chi connectivity index (χ4n) is 1.36. The molecule has 0 saturated heterocycles. The molecule has 0 bridgehead atoms. The molecule has 0 aliphatic carbocycles. The molecular weight excluding hydrogens is 235 g/mol. The monoisotopic (exact) mass is 254 g/mol. The zero-order chi connectivity index (χ0) is 13.5. The first-order chi connectivity index (χ1) is 8.52. The summed E-state index contributed by atoms with van der Waals surface area (Å²) in [6, 6.07) is 4.06. The Labute approximate surface area is 106 Å². The van der Waals surface area contributed by atoms with Crippen LogP contribution in [0.15, 0.2) is 18.2 Å². The maximum atomic E-state index is 13.0. The van der Waals surface area contributed by atoms with E-state index >= 15 is 0 Å². The van der Waals surface area contributed by atoms with Crippen molar-refractivity contribution in [1.29, 1.82) is 0 Å². The smallest absolute Gasteiger partial charge is 0.257 e. The van der Waals surface area contributed by atoms with E-state index in [1.54, 1.807) is 0 Å². The molecule has 0 aromatic heterocycles. The molecule has 0 atom stereocenters. The molecule has 0 aliphatic rings. The first-order valence-corrected chi connectivity index (χ1v) is 5.91. The molecule has 1 rings (SSSR count). The summed E-state index contributed by atoms with van der Waals surface area (Å²) in [7, 11) is 0. The van der Waals surface area contributed by atoms with Gasteiger partial charge in [0.2, 0.25) is 0 Å². The summed E-state index contributed by atoms with van der Waals surface area (Å²) >= 11 is 0. The zero-order valence-electron chi connectivity index (χ0n) is 10.7. The molecule has 0 saturated carbocycles. The van der Waals surface area contributed by atoms with Gasteiger partial charge in [0, 0.05) is 18.7 Å². The minimum Gasteiger partial charge on any atom is -0.483 e. The van der Waals surface area contributed by atoms with Crippen LogP contribution in [0.3, 0.4) is 0 Å². The van der Waals surface area contributed by atoms with Crippen molar-refractivity contribution in [2.24, 2.45) is 11.7 Å². The standard InChI is InChI=1S/C13H19FN2O2/c1-9(2)7-16-13(17)8-18-12-4-3-11(14)5-10(12)6-15/h3-5,9H,6-8,15H2,1-2H3,(H,16,17). The van der Waals surface area contributed by atoms with E-state index in [1.165, 1.54) is 18.2 Å². The van der Waals surface area contributed by atoms with Gasteiger partial charge >= 0.3 is 0 Å². The van der Waals surface area contributed by atoms with Gasteiger partial charge in [-0.25, -0.2) is 4.39 Å². The molecule has 1 amide bonds. The minimum atomic E-state index is -0.368. The molecule has 5 heteroatoms. The molecule has 100 valence electrons. The number of rotatable bonds is 6. The largest absolute Gasteiger partial charge is 0.483 e. The first kappa shape index (κ1) is 14.4. The number of benzene rings is 1. The van der Waals surface area contributed by atoms with Gasteiger partial charge in [-0.1, -0.05) is 13.8 Å². The molecule has 0 heterocycles. The van der Waals surface area contributed by atoms with Crippen molar-refractivity contribution in [2.45, 2.75) is 20.4 Å². The van der Waals surface area contributed by atoms with Crippen LogP contribution in [0, 0.1) is 11.7 Å². The molecule has 1 aromatic rings. The Balaban J connectivity index is 2.50. The summed E-state index contributed by atoms with van der Waals surface area (Å²) in [6.07, 6.45) is 0. The van der Waals surface area contributed by atoms with Crippen molar-refractivity contribution in [3.8, 4) is 5.75 Å². The lowest BCUT2D eigenvalue weighted by atomic mass is 10.2. The van der Waals surface area contributed by atoms with Crippen molar-refractivity contribution in [3.05, 3.63) is 29.6 Å². The van der Waals surface area contributed by atoms with Crippen LogP contribution in [-0.2, 0) is 11.3 Å². The third-order valence-corrected chi connectivity index (χ3v) is 2.31. The van der Waals surface area contributed by atoms with E-state index in [2.05, 4.69) is 5.32 Å². The van der Waals surface area contributed by atoms with Gasteiger partial charge in [-0.15, -0.1) is 0 Å². The topological polar surface area (TPSA) is 64.3 Å². The fraction of sp³-hybridized carbons (Fsp3) is 0.462. The van der Waals surface area contributed by atoms with Gasteiger partial charge in [0.15, 0.2) is 6.61 Å². The number of carbonyl (C=O) groups is 1. The van der Waals surface area contributed by atoms with Gasteiger partial charge in [-0.3, -0.25) is 4.79 Å². The molecule has 0 spiro atoms. The number of ether oxygens (including phenoxy) is 1. The van der Waals surface area contributed by atoms with E-state index in [4.69, 9.17) is 10.5 Å². The summed E-state index contributed by atoms with van der Waals surface area (Å²) in [4.78, 5) is 11.4. The van der Waals surface area contributed by atoms with E-state index in [-0.39, 0.29) is 24.9 Å². The van der Waals surface area contributed by atoms with Gasteiger partial charge in [0.1, 0.15) is 11.6 Å². The normalized spacial score (nSPS) is 10.5. The molecule has 3 N–H and O–H groups in total. The number of hydrogen-bond acceptors (Lipinski definition) is 3. The summed E-state index contributed by atoms with van der Waals surface area (Å²) < 4.78 is 18.3. The van der Waals surface area contributed by atoms with Crippen molar-refractivity contribution >= 4 is 5.91 Å². The Hall–Kier alpha value is -1.62. The molecule has 0 unspecified atom stereocenters. The SMILES string of the molecule is CC(C)CNC(=O)COc1ccc(F)cc1CN. The van der Waals surface area contributed by atoms with E-state index in [0.29, 0.717) is 23.8 Å². The van der Waals surface area contributed by atoms with Gasteiger partial charge in [-0.2, -0.15) is 0 Å². The van der Waals surface area contributed by atoms with Gasteiger partial charge in [0.25, 0.3) is 5.91 Å². The second kappa shape index (κ2) is 6.96. The molecule has 0 radical (unpaired) electrons.